The van der Waals surface area contributed by atoms with Crippen molar-refractivity contribution >= 4 is 11.9 Å². The Kier molecular flexibility index (Phi) is 5.46. The molecule has 1 fully saturated rings. The Morgan fingerprint density at radius 3 is 2.84 bits per heavy atom. The van der Waals surface area contributed by atoms with E-state index < -0.39 is 0 Å². The lowest BCUT2D eigenvalue weighted by molar-refractivity contribution is -0.152. The standard InChI is InChI=1S/C19H25N3O3/c1-3-25-19(24)18-13(2)4-5-14-11-22(12-16(14)18)17(23)7-6-15-10-20-8-9-21-15/h4-5,8-10,13-14,16,18H,3,6-7,11-12H2,1-2H3/t13-,14-,16-,18-/m0/s1. The molecule has 6 nitrogen and oxygen atoms in total. The number of allylic oxidation sites excluding steroid dienone is 1. The Labute approximate surface area is 148 Å². The van der Waals surface area contributed by atoms with Crippen LogP contribution in [0.15, 0.2) is 30.7 Å². The Hall–Kier alpha value is -2.24. The molecule has 0 saturated carbocycles. The van der Waals surface area contributed by atoms with Gasteiger partial charge in [-0.15, -0.1) is 0 Å². The largest absolute Gasteiger partial charge is 0.466 e. The van der Waals surface area contributed by atoms with Gasteiger partial charge in [0.1, 0.15) is 0 Å². The summed E-state index contributed by atoms with van der Waals surface area (Å²) in [7, 11) is 0. The van der Waals surface area contributed by atoms with E-state index in [1.807, 2.05) is 18.7 Å². The van der Waals surface area contributed by atoms with E-state index in [1.54, 1.807) is 18.6 Å². The quantitative estimate of drug-likeness (QED) is 0.603. The number of likely N-dealkylation sites (tertiary alicyclic amines) is 1. The first-order valence-corrected chi connectivity index (χ1v) is 8.97. The highest BCUT2D eigenvalue weighted by Gasteiger charge is 2.45. The first-order valence-electron chi connectivity index (χ1n) is 8.97. The number of aromatic nitrogens is 2. The minimum Gasteiger partial charge on any atom is -0.466 e. The van der Waals surface area contributed by atoms with Gasteiger partial charge in [-0.25, -0.2) is 0 Å². The summed E-state index contributed by atoms with van der Waals surface area (Å²) in [6.07, 6.45) is 10.2. The van der Waals surface area contributed by atoms with Crippen LogP contribution in [0.1, 0.15) is 26.0 Å². The molecule has 0 aromatic carbocycles. The van der Waals surface area contributed by atoms with Crippen molar-refractivity contribution in [3.05, 3.63) is 36.4 Å². The molecule has 2 aliphatic rings. The second-order valence-corrected chi connectivity index (χ2v) is 6.85. The molecular weight excluding hydrogens is 318 g/mol. The second kappa shape index (κ2) is 7.76. The molecule has 1 aromatic heterocycles. The zero-order chi connectivity index (χ0) is 17.8. The van der Waals surface area contributed by atoms with Gasteiger partial charge in [0.2, 0.25) is 5.91 Å². The molecular formula is C19H25N3O3. The number of hydrogen-bond donors (Lipinski definition) is 0. The average molecular weight is 343 g/mol. The predicted octanol–water partition coefficient (Wildman–Crippen LogP) is 1.87. The minimum absolute atomic E-state index is 0.115. The third kappa shape index (κ3) is 3.89. The van der Waals surface area contributed by atoms with Gasteiger partial charge in [-0.2, -0.15) is 0 Å². The van der Waals surface area contributed by atoms with Crippen LogP contribution < -0.4 is 0 Å². The van der Waals surface area contributed by atoms with Crippen LogP contribution in [0.2, 0.25) is 0 Å². The van der Waals surface area contributed by atoms with Crippen LogP contribution >= 0.6 is 0 Å². The van der Waals surface area contributed by atoms with Crippen molar-refractivity contribution in [1.29, 1.82) is 0 Å². The fourth-order valence-corrected chi connectivity index (χ4v) is 3.95. The molecule has 25 heavy (non-hydrogen) atoms. The molecule has 0 radical (unpaired) electrons. The van der Waals surface area contributed by atoms with E-state index in [-0.39, 0.29) is 35.5 Å². The molecule has 1 saturated heterocycles. The molecule has 0 N–H and O–H groups in total. The van der Waals surface area contributed by atoms with Gasteiger partial charge in [-0.3, -0.25) is 19.6 Å². The zero-order valence-electron chi connectivity index (χ0n) is 14.8. The predicted molar refractivity (Wildman–Crippen MR) is 92.3 cm³/mol. The van der Waals surface area contributed by atoms with E-state index in [4.69, 9.17) is 4.74 Å². The molecule has 0 bridgehead atoms. The van der Waals surface area contributed by atoms with Crippen LogP contribution in [0.3, 0.4) is 0 Å². The van der Waals surface area contributed by atoms with Crippen LogP contribution in [-0.2, 0) is 20.7 Å². The molecule has 134 valence electrons. The highest BCUT2D eigenvalue weighted by atomic mass is 16.5. The number of esters is 1. The van der Waals surface area contributed by atoms with Crippen molar-refractivity contribution in [2.75, 3.05) is 19.7 Å². The fraction of sp³-hybridized carbons (Fsp3) is 0.579. The van der Waals surface area contributed by atoms with E-state index in [1.165, 1.54) is 0 Å². The molecule has 4 atom stereocenters. The number of ether oxygens (including phenoxy) is 1. The summed E-state index contributed by atoms with van der Waals surface area (Å²) in [5.41, 5.74) is 0.824. The maximum Gasteiger partial charge on any atom is 0.309 e. The van der Waals surface area contributed by atoms with Crippen molar-refractivity contribution in [3.8, 4) is 0 Å². The highest BCUT2D eigenvalue weighted by molar-refractivity contribution is 5.78. The van der Waals surface area contributed by atoms with E-state index in [0.717, 1.165) is 5.69 Å². The highest BCUT2D eigenvalue weighted by Crippen LogP contribution is 2.40. The number of carbonyl (C=O) groups is 2. The molecule has 0 spiro atoms. The van der Waals surface area contributed by atoms with Crippen molar-refractivity contribution in [3.63, 3.8) is 0 Å². The number of fused-ring (bicyclic) bond motifs is 1. The van der Waals surface area contributed by atoms with Gasteiger partial charge in [0, 0.05) is 38.1 Å². The molecule has 6 heteroatoms. The first kappa shape index (κ1) is 17.6. The van der Waals surface area contributed by atoms with Gasteiger partial charge >= 0.3 is 5.97 Å². The Morgan fingerprint density at radius 1 is 1.28 bits per heavy atom. The van der Waals surface area contributed by atoms with Gasteiger partial charge in [0.05, 0.1) is 18.2 Å². The molecule has 1 aliphatic heterocycles. The summed E-state index contributed by atoms with van der Waals surface area (Å²) in [5.74, 6) is 0.361. The van der Waals surface area contributed by atoms with Crippen LogP contribution in [-0.4, -0.2) is 46.4 Å². The number of hydrogen-bond acceptors (Lipinski definition) is 5. The summed E-state index contributed by atoms with van der Waals surface area (Å²) >= 11 is 0. The van der Waals surface area contributed by atoms with E-state index in [2.05, 4.69) is 22.1 Å². The van der Waals surface area contributed by atoms with E-state index in [9.17, 15) is 9.59 Å². The molecule has 3 rings (SSSR count). The summed E-state index contributed by atoms with van der Waals surface area (Å²) < 4.78 is 5.27. The number of aryl methyl sites for hydroxylation is 1. The molecule has 2 heterocycles. The normalized spacial score (nSPS) is 27.8. The van der Waals surface area contributed by atoms with Crippen LogP contribution in [0, 0.1) is 23.7 Å². The topological polar surface area (TPSA) is 72.4 Å². The maximum absolute atomic E-state index is 12.6. The SMILES string of the molecule is CCOC(=O)[C@@H]1[C@H]2CN(C(=O)CCc3cnccn3)C[C@@H]2C=C[C@@H]1C. The molecule has 0 unspecified atom stereocenters. The van der Waals surface area contributed by atoms with Gasteiger partial charge in [-0.05, 0) is 31.1 Å². The van der Waals surface area contributed by atoms with Crippen LogP contribution in [0.25, 0.3) is 0 Å². The maximum atomic E-state index is 12.6. The van der Waals surface area contributed by atoms with Crippen molar-refractivity contribution in [1.82, 2.24) is 14.9 Å². The first-order chi connectivity index (χ1) is 12.1. The fourth-order valence-electron chi connectivity index (χ4n) is 3.95. The third-order valence-electron chi connectivity index (χ3n) is 5.23. The average Bonchev–Trinajstić information content (AvgIpc) is 3.04. The van der Waals surface area contributed by atoms with Crippen LogP contribution in [0.5, 0.6) is 0 Å². The number of amides is 1. The van der Waals surface area contributed by atoms with E-state index >= 15 is 0 Å². The zero-order valence-corrected chi connectivity index (χ0v) is 14.8. The lowest BCUT2D eigenvalue weighted by Gasteiger charge is -2.31. The smallest absolute Gasteiger partial charge is 0.309 e. The Morgan fingerprint density at radius 2 is 2.12 bits per heavy atom. The van der Waals surface area contributed by atoms with Gasteiger partial charge in [0.15, 0.2) is 0 Å². The van der Waals surface area contributed by atoms with Gasteiger partial charge in [0.25, 0.3) is 0 Å². The number of rotatable bonds is 5. The third-order valence-corrected chi connectivity index (χ3v) is 5.23. The summed E-state index contributed by atoms with van der Waals surface area (Å²) in [6, 6.07) is 0. The number of carbonyl (C=O) groups excluding carboxylic acids is 2. The Bertz CT molecular complexity index is 647. The summed E-state index contributed by atoms with van der Waals surface area (Å²) in [6.45, 7) is 5.58. The van der Waals surface area contributed by atoms with Gasteiger partial charge in [-0.1, -0.05) is 19.1 Å². The number of nitrogens with zero attached hydrogens (tertiary/aromatic N) is 3. The minimum atomic E-state index is -0.159. The summed E-state index contributed by atoms with van der Waals surface area (Å²) in [5, 5.41) is 0. The van der Waals surface area contributed by atoms with Gasteiger partial charge < -0.3 is 9.64 Å². The molecule has 1 aliphatic carbocycles. The van der Waals surface area contributed by atoms with Crippen molar-refractivity contribution < 1.29 is 14.3 Å². The van der Waals surface area contributed by atoms with Crippen molar-refractivity contribution in [2.24, 2.45) is 23.7 Å². The van der Waals surface area contributed by atoms with Crippen LogP contribution in [0.4, 0.5) is 0 Å². The molecule has 1 aromatic rings. The van der Waals surface area contributed by atoms with E-state index in [0.29, 0.717) is 32.5 Å². The summed E-state index contributed by atoms with van der Waals surface area (Å²) in [4.78, 5) is 35.1. The lowest BCUT2D eigenvalue weighted by atomic mass is 9.72. The van der Waals surface area contributed by atoms with Crippen molar-refractivity contribution in [2.45, 2.75) is 26.7 Å². The molecule has 1 amide bonds. The Balaban J connectivity index is 1.62. The monoisotopic (exact) mass is 343 g/mol. The lowest BCUT2D eigenvalue weighted by Crippen LogP contribution is -2.37. The second-order valence-electron chi connectivity index (χ2n) is 6.85.